The van der Waals surface area contributed by atoms with Crippen LogP contribution in [0.1, 0.15) is 22.3 Å². The largest absolute Gasteiger partial charge is 0.473 e. The Hall–Kier alpha value is -4.65. The number of pyridine rings is 1. The van der Waals surface area contributed by atoms with Crippen LogP contribution >= 0.6 is 0 Å². The normalized spacial score (nSPS) is 13.9. The van der Waals surface area contributed by atoms with E-state index in [2.05, 4.69) is 15.2 Å². The fourth-order valence-corrected chi connectivity index (χ4v) is 5.55. The smallest absolute Gasteiger partial charge is 0.294 e. The van der Waals surface area contributed by atoms with Crippen LogP contribution in [0.25, 0.3) is 0 Å². The summed E-state index contributed by atoms with van der Waals surface area (Å²) < 4.78 is 78.7. The Morgan fingerprint density at radius 2 is 1.38 bits per heavy atom. The zero-order valence-corrected chi connectivity index (χ0v) is 27.2. The zero-order chi connectivity index (χ0) is 34.2. The summed E-state index contributed by atoms with van der Waals surface area (Å²) in [4.78, 5) is 6.63. The molecule has 14 heteroatoms. The molecule has 4 aromatic rings. The average molecular weight is 681 g/mol. The molecule has 0 spiro atoms. The van der Waals surface area contributed by atoms with Gasteiger partial charge in [-0.2, -0.15) is 27.1 Å². The molecule has 0 saturated heterocycles. The van der Waals surface area contributed by atoms with Gasteiger partial charge in [0.05, 0.1) is 21.4 Å². The summed E-state index contributed by atoms with van der Waals surface area (Å²) in [5.74, 6) is 0.890. The predicted octanol–water partition coefficient (Wildman–Crippen LogP) is 4.87. The number of halogens is 1. The van der Waals surface area contributed by atoms with Crippen molar-refractivity contribution in [1.29, 1.82) is 5.26 Å². The second-order valence-corrected chi connectivity index (χ2v) is 13.6. The van der Waals surface area contributed by atoms with Gasteiger partial charge in [-0.25, -0.2) is 4.39 Å². The van der Waals surface area contributed by atoms with Crippen molar-refractivity contribution in [2.24, 2.45) is 0 Å². The third kappa shape index (κ3) is 10.2. The van der Waals surface area contributed by atoms with Gasteiger partial charge in [-0.1, -0.05) is 47.5 Å². The number of benzene rings is 3. The molecular weight excluding hydrogens is 648 g/mol. The highest BCUT2D eigenvalue weighted by molar-refractivity contribution is 7.86. The van der Waals surface area contributed by atoms with Gasteiger partial charge in [0, 0.05) is 37.8 Å². The lowest BCUT2D eigenvalue weighted by atomic mass is 10.1. The number of rotatable bonds is 6. The standard InChI is InChI=1S/C19H17FN4O.2C7H8O3S/c20-17-6-13(7-21)4-5-14(17)12-25-19-3-1-2-18(23-19)24-10-15-8-22-9-16(15)11-24;2*1-6-2-4-7(5-3-6)11(8,9)10/h1-6,22H,8-12H2;2*2-5H,1H3,(H,8,9,10). The van der Waals surface area contributed by atoms with Gasteiger partial charge in [-0.15, -0.1) is 0 Å². The van der Waals surface area contributed by atoms with Crippen molar-refractivity contribution >= 4 is 26.1 Å². The lowest BCUT2D eigenvalue weighted by Gasteiger charge is -2.20. The van der Waals surface area contributed by atoms with Gasteiger partial charge in [-0.05, 0) is 67.5 Å². The highest BCUT2D eigenvalue weighted by Gasteiger charge is 2.26. The van der Waals surface area contributed by atoms with Crippen molar-refractivity contribution in [2.75, 3.05) is 31.1 Å². The molecule has 1 aromatic heterocycles. The topological polar surface area (TPSA) is 170 Å². The number of hydrogen-bond donors (Lipinski definition) is 3. The van der Waals surface area contributed by atoms with Crippen molar-refractivity contribution in [3.05, 3.63) is 124 Å². The van der Waals surface area contributed by atoms with E-state index in [1.165, 1.54) is 41.5 Å². The molecule has 11 nitrogen and oxygen atoms in total. The summed E-state index contributed by atoms with van der Waals surface area (Å²) in [7, 11) is -8.04. The molecule has 2 aliphatic rings. The second-order valence-electron chi connectivity index (χ2n) is 10.8. The summed E-state index contributed by atoms with van der Waals surface area (Å²) in [5.41, 5.74) is 5.51. The van der Waals surface area contributed by atoms with E-state index in [1.807, 2.05) is 32.0 Å². The molecule has 0 bridgehead atoms. The minimum absolute atomic E-state index is 0.0666. The number of aryl methyl sites for hydroxylation is 2. The van der Waals surface area contributed by atoms with Crippen LogP contribution in [0.5, 0.6) is 5.88 Å². The third-order valence-electron chi connectivity index (χ3n) is 7.17. The van der Waals surface area contributed by atoms with Gasteiger partial charge >= 0.3 is 0 Å². The first-order valence-corrected chi connectivity index (χ1v) is 17.1. The van der Waals surface area contributed by atoms with Crippen molar-refractivity contribution < 1.29 is 35.1 Å². The molecule has 6 rings (SSSR count). The Kier molecular flexibility index (Phi) is 11.5. The molecule has 3 heterocycles. The highest BCUT2D eigenvalue weighted by Crippen LogP contribution is 2.26. The zero-order valence-electron chi connectivity index (χ0n) is 25.6. The van der Waals surface area contributed by atoms with Crippen molar-refractivity contribution in [3.8, 4) is 11.9 Å². The molecule has 0 unspecified atom stereocenters. The molecule has 47 heavy (non-hydrogen) atoms. The Bertz CT molecular complexity index is 1920. The van der Waals surface area contributed by atoms with Gasteiger partial charge in [0.15, 0.2) is 0 Å². The van der Waals surface area contributed by atoms with E-state index in [9.17, 15) is 21.2 Å². The summed E-state index contributed by atoms with van der Waals surface area (Å²) in [6, 6.07) is 23.9. The fourth-order valence-electron chi connectivity index (χ4n) is 4.59. The Balaban J connectivity index is 0.000000188. The van der Waals surface area contributed by atoms with Crippen molar-refractivity contribution in [2.45, 2.75) is 30.2 Å². The molecule has 0 radical (unpaired) electrons. The van der Waals surface area contributed by atoms with E-state index in [0.717, 1.165) is 43.1 Å². The number of aromatic nitrogens is 1. The second kappa shape index (κ2) is 15.3. The summed E-state index contributed by atoms with van der Waals surface area (Å²) in [6.45, 7) is 7.46. The van der Waals surface area contributed by atoms with Crippen LogP contribution in [-0.2, 0) is 26.8 Å². The van der Waals surface area contributed by atoms with Crippen LogP contribution in [0.15, 0.2) is 106 Å². The molecule has 2 aliphatic heterocycles. The van der Waals surface area contributed by atoms with E-state index in [0.29, 0.717) is 17.0 Å². The molecule has 0 amide bonds. The Morgan fingerprint density at radius 1 is 0.851 bits per heavy atom. The first-order valence-electron chi connectivity index (χ1n) is 14.2. The lowest BCUT2D eigenvalue weighted by molar-refractivity contribution is 0.288. The van der Waals surface area contributed by atoms with Gasteiger partial charge in [0.1, 0.15) is 18.2 Å². The van der Waals surface area contributed by atoms with E-state index in [-0.39, 0.29) is 16.4 Å². The monoisotopic (exact) mass is 680 g/mol. The quantitative estimate of drug-likeness (QED) is 0.188. The number of nitriles is 1. The van der Waals surface area contributed by atoms with Crippen LogP contribution in [0.3, 0.4) is 0 Å². The maximum Gasteiger partial charge on any atom is 0.294 e. The predicted molar refractivity (Wildman–Crippen MR) is 174 cm³/mol. The van der Waals surface area contributed by atoms with Crippen LogP contribution in [0.2, 0.25) is 0 Å². The van der Waals surface area contributed by atoms with Gasteiger partial charge in [-0.3, -0.25) is 9.11 Å². The van der Waals surface area contributed by atoms with E-state index < -0.39 is 26.1 Å². The summed E-state index contributed by atoms with van der Waals surface area (Å²) in [6.07, 6.45) is 0. The summed E-state index contributed by atoms with van der Waals surface area (Å²) >= 11 is 0. The molecule has 3 aromatic carbocycles. The lowest BCUT2D eigenvalue weighted by Crippen LogP contribution is -2.27. The van der Waals surface area contributed by atoms with Gasteiger partial charge in [0.25, 0.3) is 20.2 Å². The van der Waals surface area contributed by atoms with E-state index in [4.69, 9.17) is 19.1 Å². The first-order chi connectivity index (χ1) is 22.2. The van der Waals surface area contributed by atoms with Crippen LogP contribution in [0.4, 0.5) is 10.2 Å². The molecule has 0 atom stereocenters. The number of nitrogens with zero attached hydrogens (tertiary/aromatic N) is 3. The van der Waals surface area contributed by atoms with E-state index in [1.54, 1.807) is 42.5 Å². The number of nitrogens with one attached hydrogen (secondary N) is 1. The molecule has 0 saturated carbocycles. The average Bonchev–Trinajstić information content (AvgIpc) is 3.64. The van der Waals surface area contributed by atoms with Gasteiger partial charge in [0.2, 0.25) is 5.88 Å². The van der Waals surface area contributed by atoms with Crippen molar-refractivity contribution in [3.63, 3.8) is 0 Å². The summed E-state index contributed by atoms with van der Waals surface area (Å²) in [5, 5.41) is 12.1. The Labute approximate surface area is 273 Å². The SMILES string of the molecule is Cc1ccc(S(=O)(=O)O)cc1.Cc1ccc(S(=O)(=O)O)cc1.N#Cc1ccc(COc2cccc(N3CC4=C(CNC4)C3)n2)c(F)c1. The van der Waals surface area contributed by atoms with Gasteiger partial charge < -0.3 is 15.0 Å². The number of ether oxygens (including phenoxy) is 1. The minimum atomic E-state index is -4.02. The number of hydrogen-bond acceptors (Lipinski definition) is 9. The van der Waals surface area contributed by atoms with Crippen LogP contribution < -0.4 is 15.0 Å². The maximum absolute atomic E-state index is 13.9. The minimum Gasteiger partial charge on any atom is -0.473 e. The van der Waals surface area contributed by atoms with Crippen LogP contribution in [0, 0.1) is 31.0 Å². The molecule has 0 fully saturated rings. The van der Waals surface area contributed by atoms with Crippen LogP contribution in [-0.4, -0.2) is 57.1 Å². The van der Waals surface area contributed by atoms with Crippen molar-refractivity contribution in [1.82, 2.24) is 10.3 Å². The molecule has 246 valence electrons. The first kappa shape index (κ1) is 35.2. The molecule has 3 N–H and O–H groups in total. The third-order valence-corrected chi connectivity index (χ3v) is 8.90. The molecule has 0 aliphatic carbocycles. The highest BCUT2D eigenvalue weighted by atomic mass is 32.2. The maximum atomic E-state index is 13.9. The number of anilines is 1. The Morgan fingerprint density at radius 3 is 1.85 bits per heavy atom. The fraction of sp³-hybridized carbons (Fsp3) is 0.212. The molecular formula is C33H33FN4O7S2. The van der Waals surface area contributed by atoms with E-state index >= 15 is 0 Å².